The van der Waals surface area contributed by atoms with Gasteiger partial charge in [-0.15, -0.1) is 0 Å². The first kappa shape index (κ1) is 17.0. The molecule has 0 spiro atoms. The highest BCUT2D eigenvalue weighted by Crippen LogP contribution is 2.38. The number of benzene rings is 2. The van der Waals surface area contributed by atoms with Gasteiger partial charge in [0, 0.05) is 15.9 Å². The molecule has 2 aliphatic carbocycles. The van der Waals surface area contributed by atoms with E-state index in [0.29, 0.717) is 0 Å². The number of anilines is 1. The lowest BCUT2D eigenvalue weighted by Crippen LogP contribution is -2.24. The molecule has 0 saturated heterocycles. The first-order chi connectivity index (χ1) is 12.2. The van der Waals surface area contributed by atoms with E-state index < -0.39 is 0 Å². The second-order valence-electron chi connectivity index (χ2n) is 6.71. The van der Waals surface area contributed by atoms with Crippen LogP contribution < -0.4 is 10.0 Å². The summed E-state index contributed by atoms with van der Waals surface area (Å²) in [5.74, 6) is 0.748. The number of halogens is 1. The van der Waals surface area contributed by atoms with Crippen molar-refractivity contribution in [2.24, 2.45) is 0 Å². The molecule has 5 heteroatoms. The molecule has 3 nitrogen and oxygen atoms in total. The van der Waals surface area contributed by atoms with Crippen LogP contribution in [0.3, 0.4) is 0 Å². The predicted octanol–water partition coefficient (Wildman–Crippen LogP) is 5.40. The molecule has 2 aliphatic rings. The average molecular weight is 417 g/mol. The molecule has 0 bridgehead atoms. The molecule has 0 aromatic heterocycles. The third-order valence-electron chi connectivity index (χ3n) is 5.00. The van der Waals surface area contributed by atoms with Gasteiger partial charge >= 0.3 is 6.03 Å². The summed E-state index contributed by atoms with van der Waals surface area (Å²) in [6.07, 6.45) is 6.87. The van der Waals surface area contributed by atoms with Gasteiger partial charge in [0.15, 0.2) is 0 Å². The van der Waals surface area contributed by atoms with Crippen molar-refractivity contribution >= 4 is 39.6 Å². The first-order valence-corrected chi connectivity index (χ1v) is 10.6. The van der Waals surface area contributed by atoms with E-state index in [2.05, 4.69) is 44.2 Å². The first-order valence-electron chi connectivity index (χ1n) is 8.80. The summed E-state index contributed by atoms with van der Waals surface area (Å²) >= 11 is 4.90. The van der Waals surface area contributed by atoms with Gasteiger partial charge in [0.2, 0.25) is 0 Å². The smallest absolute Gasteiger partial charge is 0.307 e. The monoisotopic (exact) mass is 416 g/mol. The fourth-order valence-electron chi connectivity index (χ4n) is 3.92. The second kappa shape index (κ2) is 7.42. The van der Waals surface area contributed by atoms with Crippen molar-refractivity contribution in [1.29, 1.82) is 0 Å². The topological polar surface area (TPSA) is 41.1 Å². The standard InChI is InChI=1S/C20H21BrN2OS/c21-16-7-1-4-13(10-16)12-25-23-20(24)22-19-17-8-2-5-14(17)11-15-6-3-9-18(15)19/h1,4,7,10-11H,2-3,5-6,8-9,12H2,(H2,22,23,24). The van der Waals surface area contributed by atoms with E-state index in [0.717, 1.165) is 41.6 Å². The van der Waals surface area contributed by atoms with Crippen LogP contribution in [0.2, 0.25) is 0 Å². The van der Waals surface area contributed by atoms with Gasteiger partial charge in [-0.25, -0.2) is 4.79 Å². The highest BCUT2D eigenvalue weighted by Gasteiger charge is 2.24. The quantitative estimate of drug-likeness (QED) is 0.655. The van der Waals surface area contributed by atoms with Gasteiger partial charge in [0.1, 0.15) is 0 Å². The van der Waals surface area contributed by atoms with Crippen LogP contribution in [-0.2, 0) is 31.4 Å². The number of amides is 2. The maximum atomic E-state index is 12.4. The van der Waals surface area contributed by atoms with Crippen molar-refractivity contribution in [1.82, 2.24) is 4.72 Å². The molecule has 0 aliphatic heterocycles. The zero-order chi connectivity index (χ0) is 17.2. The van der Waals surface area contributed by atoms with Crippen LogP contribution in [0, 0.1) is 0 Å². The summed E-state index contributed by atoms with van der Waals surface area (Å²) in [5, 5.41) is 3.16. The lowest BCUT2D eigenvalue weighted by molar-refractivity contribution is 0.257. The van der Waals surface area contributed by atoms with E-state index >= 15 is 0 Å². The molecule has 0 saturated carbocycles. The molecule has 2 aromatic rings. The average Bonchev–Trinajstić information content (AvgIpc) is 3.23. The Kier molecular flexibility index (Phi) is 5.04. The molecular formula is C20H21BrN2OS. The Morgan fingerprint density at radius 3 is 2.44 bits per heavy atom. The van der Waals surface area contributed by atoms with Gasteiger partial charge in [0.05, 0.1) is 0 Å². The van der Waals surface area contributed by atoms with E-state index in [1.54, 1.807) is 0 Å². The molecular weight excluding hydrogens is 396 g/mol. The van der Waals surface area contributed by atoms with Crippen molar-refractivity contribution < 1.29 is 4.79 Å². The summed E-state index contributed by atoms with van der Waals surface area (Å²) in [6, 6.07) is 10.4. The van der Waals surface area contributed by atoms with Crippen molar-refractivity contribution in [3.05, 3.63) is 62.6 Å². The zero-order valence-corrected chi connectivity index (χ0v) is 16.4. The van der Waals surface area contributed by atoms with Crippen LogP contribution in [0.15, 0.2) is 34.8 Å². The van der Waals surface area contributed by atoms with Gasteiger partial charge in [-0.05, 0) is 90.4 Å². The number of hydrogen-bond donors (Lipinski definition) is 2. The highest BCUT2D eigenvalue weighted by molar-refractivity contribution is 9.10. The Hall–Kier alpha value is -1.46. The van der Waals surface area contributed by atoms with Crippen molar-refractivity contribution in [3.8, 4) is 0 Å². The fourth-order valence-corrected chi connectivity index (χ4v) is 4.97. The Morgan fingerprint density at radius 2 is 1.76 bits per heavy atom. The van der Waals surface area contributed by atoms with Crippen molar-refractivity contribution in [3.63, 3.8) is 0 Å². The van der Waals surface area contributed by atoms with Crippen LogP contribution in [0.4, 0.5) is 10.5 Å². The number of hydrogen-bond acceptors (Lipinski definition) is 2. The third kappa shape index (κ3) is 3.72. The van der Waals surface area contributed by atoms with Gasteiger partial charge in [-0.3, -0.25) is 4.72 Å². The minimum absolute atomic E-state index is 0.116. The Morgan fingerprint density at radius 1 is 1.04 bits per heavy atom. The maximum absolute atomic E-state index is 12.4. The van der Waals surface area contributed by atoms with Crippen LogP contribution in [0.5, 0.6) is 0 Å². The molecule has 0 unspecified atom stereocenters. The summed E-state index contributed by atoms with van der Waals surface area (Å²) < 4.78 is 3.99. The number of carbonyl (C=O) groups is 1. The number of aryl methyl sites for hydroxylation is 2. The summed E-state index contributed by atoms with van der Waals surface area (Å²) in [6.45, 7) is 0. The fraction of sp³-hybridized carbons (Fsp3) is 0.350. The number of urea groups is 1. The SMILES string of the molecule is O=C(NSCc1cccc(Br)c1)Nc1c2c(cc3c1CCC3)CCC2. The minimum atomic E-state index is -0.116. The Bertz CT molecular complexity index is 789. The molecule has 0 fully saturated rings. The molecule has 2 amide bonds. The van der Waals surface area contributed by atoms with Crippen LogP contribution in [-0.4, -0.2) is 6.03 Å². The van der Waals surface area contributed by atoms with E-state index in [1.807, 2.05) is 12.1 Å². The number of rotatable bonds is 4. The van der Waals surface area contributed by atoms with Crippen molar-refractivity contribution in [2.45, 2.75) is 44.3 Å². The Labute approximate surface area is 161 Å². The summed E-state index contributed by atoms with van der Waals surface area (Å²) in [4.78, 5) is 12.4. The molecule has 4 rings (SSSR count). The molecule has 2 N–H and O–H groups in total. The molecule has 25 heavy (non-hydrogen) atoms. The Balaban J connectivity index is 1.42. The summed E-state index contributed by atoms with van der Waals surface area (Å²) in [5.41, 5.74) is 7.90. The number of nitrogens with one attached hydrogen (secondary N) is 2. The predicted molar refractivity (Wildman–Crippen MR) is 108 cm³/mol. The molecule has 0 heterocycles. The van der Waals surface area contributed by atoms with E-state index in [1.165, 1.54) is 52.6 Å². The van der Waals surface area contributed by atoms with Crippen LogP contribution >= 0.6 is 27.9 Å². The molecule has 0 radical (unpaired) electrons. The second-order valence-corrected chi connectivity index (χ2v) is 8.41. The summed E-state index contributed by atoms with van der Waals surface area (Å²) in [7, 11) is 0. The van der Waals surface area contributed by atoms with Gasteiger partial charge < -0.3 is 5.32 Å². The lowest BCUT2D eigenvalue weighted by Gasteiger charge is -2.16. The van der Waals surface area contributed by atoms with Crippen molar-refractivity contribution in [2.75, 3.05) is 5.32 Å². The van der Waals surface area contributed by atoms with Gasteiger partial charge in [-0.1, -0.05) is 34.1 Å². The third-order valence-corrected chi connectivity index (χ3v) is 6.30. The number of carbonyl (C=O) groups excluding carboxylic acids is 1. The highest BCUT2D eigenvalue weighted by atomic mass is 79.9. The van der Waals surface area contributed by atoms with E-state index in [9.17, 15) is 4.79 Å². The lowest BCUT2D eigenvalue weighted by atomic mass is 9.99. The van der Waals surface area contributed by atoms with Gasteiger partial charge in [0.25, 0.3) is 0 Å². The van der Waals surface area contributed by atoms with Crippen LogP contribution in [0.1, 0.15) is 40.7 Å². The zero-order valence-electron chi connectivity index (χ0n) is 14.0. The van der Waals surface area contributed by atoms with E-state index in [4.69, 9.17) is 0 Å². The van der Waals surface area contributed by atoms with E-state index in [-0.39, 0.29) is 6.03 Å². The molecule has 0 atom stereocenters. The normalized spacial score (nSPS) is 14.9. The minimum Gasteiger partial charge on any atom is -0.307 e. The molecule has 130 valence electrons. The van der Waals surface area contributed by atoms with Gasteiger partial charge in [-0.2, -0.15) is 0 Å². The maximum Gasteiger partial charge on any atom is 0.329 e. The molecule has 2 aromatic carbocycles. The van der Waals surface area contributed by atoms with Crippen LogP contribution in [0.25, 0.3) is 0 Å². The number of fused-ring (bicyclic) bond motifs is 2. The largest absolute Gasteiger partial charge is 0.329 e.